The molecule has 0 saturated carbocycles. The van der Waals surface area contributed by atoms with E-state index in [2.05, 4.69) is 15.5 Å². The van der Waals surface area contributed by atoms with E-state index in [0.717, 1.165) is 25.0 Å². The first kappa shape index (κ1) is 19.8. The van der Waals surface area contributed by atoms with Gasteiger partial charge in [-0.3, -0.25) is 4.79 Å². The fraction of sp³-hybridized carbons (Fsp3) is 0.261. The van der Waals surface area contributed by atoms with Crippen LogP contribution in [0.1, 0.15) is 23.2 Å². The zero-order chi connectivity index (χ0) is 20.8. The molecule has 2 heterocycles. The summed E-state index contributed by atoms with van der Waals surface area (Å²) in [6.07, 6.45) is 2.14. The summed E-state index contributed by atoms with van der Waals surface area (Å²) in [4.78, 5) is 12.5. The van der Waals surface area contributed by atoms with Crippen LogP contribution in [0.2, 0.25) is 0 Å². The smallest absolute Gasteiger partial charge is 0.251 e. The zero-order valence-corrected chi connectivity index (χ0v) is 16.7. The molecule has 0 bridgehead atoms. The van der Waals surface area contributed by atoms with Crippen LogP contribution in [0.4, 0.5) is 0 Å². The van der Waals surface area contributed by atoms with Crippen molar-refractivity contribution in [3.63, 3.8) is 0 Å². The Kier molecular flexibility index (Phi) is 6.20. The van der Waals surface area contributed by atoms with Gasteiger partial charge in [0.1, 0.15) is 0 Å². The van der Waals surface area contributed by atoms with Crippen LogP contribution in [0.5, 0.6) is 17.4 Å². The molecule has 3 aromatic rings. The number of carbonyl (C=O) groups excluding carboxylic acids is 1. The summed E-state index contributed by atoms with van der Waals surface area (Å²) in [7, 11) is 1.58. The molecule has 1 saturated heterocycles. The van der Waals surface area contributed by atoms with Crippen LogP contribution < -0.4 is 14.8 Å². The lowest BCUT2D eigenvalue weighted by molar-refractivity contribution is 0.0858. The van der Waals surface area contributed by atoms with Crippen LogP contribution >= 0.6 is 0 Å². The van der Waals surface area contributed by atoms with Gasteiger partial charge in [0.05, 0.1) is 18.9 Å². The van der Waals surface area contributed by atoms with Crippen molar-refractivity contribution in [3.05, 3.63) is 66.2 Å². The molecule has 1 atom stereocenters. The van der Waals surface area contributed by atoms with Crippen LogP contribution in [-0.4, -0.2) is 42.5 Å². The Morgan fingerprint density at radius 3 is 2.70 bits per heavy atom. The molecule has 0 spiro atoms. The van der Waals surface area contributed by atoms with Crippen molar-refractivity contribution in [2.45, 2.75) is 18.9 Å². The number of nitrogens with zero attached hydrogens (tertiary/aromatic N) is 2. The zero-order valence-electron chi connectivity index (χ0n) is 16.7. The van der Waals surface area contributed by atoms with Gasteiger partial charge < -0.3 is 19.5 Å². The van der Waals surface area contributed by atoms with E-state index in [9.17, 15) is 4.79 Å². The minimum absolute atomic E-state index is 0.110. The molecule has 1 aliphatic heterocycles. The van der Waals surface area contributed by atoms with Gasteiger partial charge in [-0.15, -0.1) is 10.2 Å². The number of aromatic nitrogens is 2. The minimum Gasteiger partial charge on any atom is -0.493 e. The first-order valence-electron chi connectivity index (χ1n) is 9.88. The Morgan fingerprint density at radius 1 is 1.10 bits per heavy atom. The molecule has 0 radical (unpaired) electrons. The first-order chi connectivity index (χ1) is 14.7. The number of hydrogen-bond donors (Lipinski definition) is 1. The number of nitrogens with one attached hydrogen (secondary N) is 1. The Morgan fingerprint density at radius 2 is 1.97 bits per heavy atom. The largest absolute Gasteiger partial charge is 0.493 e. The Bertz CT molecular complexity index is 1000. The van der Waals surface area contributed by atoms with Gasteiger partial charge in [-0.25, -0.2) is 0 Å². The topological polar surface area (TPSA) is 82.6 Å². The lowest BCUT2D eigenvalue weighted by atomic mass is 10.1. The van der Waals surface area contributed by atoms with Gasteiger partial charge in [0.25, 0.3) is 5.91 Å². The highest BCUT2D eigenvalue weighted by Crippen LogP contribution is 2.30. The lowest BCUT2D eigenvalue weighted by Gasteiger charge is -2.11. The highest BCUT2D eigenvalue weighted by molar-refractivity contribution is 5.95. The molecule has 4 rings (SSSR count). The molecule has 7 nitrogen and oxygen atoms in total. The van der Waals surface area contributed by atoms with Crippen LogP contribution in [0.15, 0.2) is 60.7 Å². The van der Waals surface area contributed by atoms with E-state index >= 15 is 0 Å². The van der Waals surface area contributed by atoms with Crippen molar-refractivity contribution in [1.29, 1.82) is 0 Å². The fourth-order valence-corrected chi connectivity index (χ4v) is 3.28. The van der Waals surface area contributed by atoms with Crippen molar-refractivity contribution in [2.75, 3.05) is 20.3 Å². The summed E-state index contributed by atoms with van der Waals surface area (Å²) in [5.74, 6) is 1.40. The van der Waals surface area contributed by atoms with Crippen molar-refractivity contribution in [2.24, 2.45) is 0 Å². The van der Waals surface area contributed by atoms with Crippen LogP contribution in [-0.2, 0) is 4.74 Å². The third-order valence-corrected chi connectivity index (χ3v) is 4.86. The van der Waals surface area contributed by atoms with Gasteiger partial charge in [0, 0.05) is 30.3 Å². The predicted molar refractivity (Wildman–Crippen MR) is 112 cm³/mol. The van der Waals surface area contributed by atoms with Gasteiger partial charge >= 0.3 is 0 Å². The summed E-state index contributed by atoms with van der Waals surface area (Å²) >= 11 is 0. The van der Waals surface area contributed by atoms with Crippen molar-refractivity contribution < 1.29 is 19.0 Å². The van der Waals surface area contributed by atoms with Crippen LogP contribution in [0.25, 0.3) is 11.3 Å². The Balaban J connectivity index is 1.43. The summed E-state index contributed by atoms with van der Waals surface area (Å²) in [5.41, 5.74) is 2.02. The Hall–Kier alpha value is -3.45. The number of methoxy groups -OCH3 is 1. The van der Waals surface area contributed by atoms with E-state index in [1.165, 1.54) is 0 Å². The van der Waals surface area contributed by atoms with E-state index in [-0.39, 0.29) is 12.0 Å². The van der Waals surface area contributed by atoms with Crippen LogP contribution in [0.3, 0.4) is 0 Å². The highest BCUT2D eigenvalue weighted by Gasteiger charge is 2.17. The minimum atomic E-state index is -0.128. The first-order valence-corrected chi connectivity index (χ1v) is 9.88. The second kappa shape index (κ2) is 9.37. The predicted octanol–water partition coefficient (Wildman–Crippen LogP) is 3.85. The molecule has 1 aliphatic rings. The average Bonchev–Trinajstić information content (AvgIpc) is 3.32. The number of hydrogen-bond acceptors (Lipinski definition) is 6. The molecule has 30 heavy (non-hydrogen) atoms. The third kappa shape index (κ3) is 4.75. The molecule has 7 heteroatoms. The molecular formula is C23H23N3O4. The summed E-state index contributed by atoms with van der Waals surface area (Å²) in [6, 6.07) is 18.2. The molecule has 0 unspecified atom stereocenters. The molecule has 1 N–H and O–H groups in total. The van der Waals surface area contributed by atoms with Crippen molar-refractivity contribution in [3.8, 4) is 28.6 Å². The maximum Gasteiger partial charge on any atom is 0.251 e. The Labute approximate surface area is 175 Å². The SMILES string of the molecule is COc1ccccc1Oc1ccc(-c2cccc(C(=O)NC[C@H]3CCCO3)c2)nn1. The van der Waals surface area contributed by atoms with E-state index < -0.39 is 0 Å². The van der Waals surface area contributed by atoms with Gasteiger partial charge in [-0.2, -0.15) is 0 Å². The van der Waals surface area contributed by atoms with E-state index in [0.29, 0.717) is 35.2 Å². The summed E-state index contributed by atoms with van der Waals surface area (Å²) in [5, 5.41) is 11.3. The summed E-state index contributed by atoms with van der Waals surface area (Å²) < 4.78 is 16.6. The molecule has 1 aromatic heterocycles. The molecule has 1 fully saturated rings. The molecule has 154 valence electrons. The number of para-hydroxylation sites is 2. The van der Waals surface area contributed by atoms with Gasteiger partial charge in [-0.05, 0) is 43.2 Å². The van der Waals surface area contributed by atoms with Crippen molar-refractivity contribution >= 4 is 5.91 Å². The maximum atomic E-state index is 12.5. The molecule has 2 aromatic carbocycles. The van der Waals surface area contributed by atoms with E-state index in [1.807, 2.05) is 30.3 Å². The maximum absolute atomic E-state index is 12.5. The fourth-order valence-electron chi connectivity index (χ4n) is 3.28. The lowest BCUT2D eigenvalue weighted by Crippen LogP contribution is -2.31. The van der Waals surface area contributed by atoms with Gasteiger partial charge in [0.15, 0.2) is 11.5 Å². The van der Waals surface area contributed by atoms with Gasteiger partial charge in [-0.1, -0.05) is 24.3 Å². The number of carbonyl (C=O) groups is 1. The summed E-state index contributed by atoms with van der Waals surface area (Å²) in [6.45, 7) is 1.29. The second-order valence-electron chi connectivity index (χ2n) is 6.94. The molecule has 0 aliphatic carbocycles. The number of rotatable bonds is 7. The number of amides is 1. The second-order valence-corrected chi connectivity index (χ2v) is 6.94. The normalized spacial score (nSPS) is 15.6. The van der Waals surface area contributed by atoms with Crippen molar-refractivity contribution in [1.82, 2.24) is 15.5 Å². The third-order valence-electron chi connectivity index (χ3n) is 4.86. The van der Waals surface area contributed by atoms with E-state index in [1.54, 1.807) is 37.4 Å². The standard InChI is InChI=1S/C23H23N3O4/c1-28-20-9-2-3-10-21(20)30-22-12-11-19(25-26-22)16-6-4-7-17(14-16)23(27)24-15-18-8-5-13-29-18/h2-4,6-7,9-12,14,18H,5,8,13,15H2,1H3,(H,24,27)/t18-/m1/s1. The highest BCUT2D eigenvalue weighted by atomic mass is 16.5. The monoisotopic (exact) mass is 405 g/mol. The van der Waals surface area contributed by atoms with Gasteiger partial charge in [0.2, 0.25) is 5.88 Å². The molecule has 1 amide bonds. The number of ether oxygens (including phenoxy) is 3. The average molecular weight is 405 g/mol. The van der Waals surface area contributed by atoms with Crippen LogP contribution in [0, 0.1) is 0 Å². The number of benzene rings is 2. The quantitative estimate of drug-likeness (QED) is 0.643. The molecular weight excluding hydrogens is 382 g/mol. The van der Waals surface area contributed by atoms with E-state index in [4.69, 9.17) is 14.2 Å².